The molecule has 2 amide bonds. The van der Waals surface area contributed by atoms with Gasteiger partial charge in [0.05, 0.1) is 21.4 Å². The fraction of sp³-hybridized carbons (Fsp3) is 0.0588. The van der Waals surface area contributed by atoms with Crippen molar-refractivity contribution in [3.63, 3.8) is 0 Å². The van der Waals surface area contributed by atoms with E-state index < -0.39 is 23.4 Å². The highest BCUT2D eigenvalue weighted by atomic mass is 35.5. The van der Waals surface area contributed by atoms with Crippen LogP contribution in [0.4, 0.5) is 20.2 Å². The molecule has 8 heteroatoms. The molecule has 2 aromatic carbocycles. The van der Waals surface area contributed by atoms with Gasteiger partial charge < -0.3 is 10.6 Å². The largest absolute Gasteiger partial charge is 0.324 e. The molecule has 0 heterocycles. The molecule has 2 aromatic rings. The quantitative estimate of drug-likeness (QED) is 0.737. The second-order valence-electron chi connectivity index (χ2n) is 4.99. The SMILES string of the molecule is CC(=O)Nc1cc(NC(=O)/C=C/c2ccc(Cl)c(Cl)c2)c(F)cc1F. The highest BCUT2D eigenvalue weighted by Gasteiger charge is 2.12. The predicted molar refractivity (Wildman–Crippen MR) is 94.8 cm³/mol. The Morgan fingerprint density at radius 2 is 1.60 bits per heavy atom. The molecule has 0 saturated carbocycles. The first-order valence-electron chi connectivity index (χ1n) is 6.97. The second-order valence-corrected chi connectivity index (χ2v) is 5.80. The first-order valence-corrected chi connectivity index (χ1v) is 7.72. The van der Waals surface area contributed by atoms with E-state index in [4.69, 9.17) is 23.2 Å². The van der Waals surface area contributed by atoms with Gasteiger partial charge in [-0.2, -0.15) is 0 Å². The third-order valence-electron chi connectivity index (χ3n) is 3.00. The van der Waals surface area contributed by atoms with E-state index in [1.165, 1.54) is 13.0 Å². The summed E-state index contributed by atoms with van der Waals surface area (Å²) in [7, 11) is 0. The van der Waals surface area contributed by atoms with Crippen LogP contribution in [0.1, 0.15) is 12.5 Å². The Kier molecular flexibility index (Phi) is 6.12. The number of rotatable bonds is 4. The van der Waals surface area contributed by atoms with Crippen molar-refractivity contribution >= 4 is 52.5 Å². The maximum atomic E-state index is 13.8. The van der Waals surface area contributed by atoms with Gasteiger partial charge in [-0.15, -0.1) is 0 Å². The Balaban J connectivity index is 2.15. The van der Waals surface area contributed by atoms with E-state index in [1.807, 2.05) is 0 Å². The van der Waals surface area contributed by atoms with E-state index >= 15 is 0 Å². The molecule has 2 N–H and O–H groups in total. The molecule has 0 aromatic heterocycles. The van der Waals surface area contributed by atoms with Crippen LogP contribution in [-0.4, -0.2) is 11.8 Å². The van der Waals surface area contributed by atoms with Crippen molar-refractivity contribution in [2.24, 2.45) is 0 Å². The van der Waals surface area contributed by atoms with Gasteiger partial charge in [0, 0.05) is 19.1 Å². The lowest BCUT2D eigenvalue weighted by Gasteiger charge is -2.09. The maximum Gasteiger partial charge on any atom is 0.248 e. The van der Waals surface area contributed by atoms with Gasteiger partial charge in [-0.25, -0.2) is 8.78 Å². The minimum absolute atomic E-state index is 0.238. The van der Waals surface area contributed by atoms with E-state index in [0.29, 0.717) is 21.7 Å². The average Bonchev–Trinajstić information content (AvgIpc) is 2.52. The van der Waals surface area contributed by atoms with Crippen LogP contribution in [0.25, 0.3) is 6.08 Å². The van der Waals surface area contributed by atoms with Crippen LogP contribution in [0.5, 0.6) is 0 Å². The van der Waals surface area contributed by atoms with Crippen LogP contribution in [0.2, 0.25) is 10.0 Å². The fourth-order valence-electron chi connectivity index (χ4n) is 1.89. The molecule has 0 aliphatic carbocycles. The third kappa shape index (κ3) is 5.27. The number of hydrogen-bond donors (Lipinski definition) is 2. The number of anilines is 2. The zero-order valence-electron chi connectivity index (χ0n) is 12.9. The van der Waals surface area contributed by atoms with Crippen molar-refractivity contribution in [1.29, 1.82) is 0 Å². The van der Waals surface area contributed by atoms with E-state index in [-0.39, 0.29) is 11.4 Å². The van der Waals surface area contributed by atoms with Crippen LogP contribution in [0.3, 0.4) is 0 Å². The Labute approximate surface area is 152 Å². The van der Waals surface area contributed by atoms with Crippen molar-refractivity contribution in [3.05, 3.63) is 63.7 Å². The number of carbonyl (C=O) groups is 2. The van der Waals surface area contributed by atoms with Crippen LogP contribution in [0.15, 0.2) is 36.4 Å². The molecule has 0 saturated heterocycles. The summed E-state index contributed by atoms with van der Waals surface area (Å²) in [5.74, 6) is -3.09. The summed E-state index contributed by atoms with van der Waals surface area (Å²) in [5.41, 5.74) is 0.106. The summed E-state index contributed by atoms with van der Waals surface area (Å²) in [6.07, 6.45) is 2.61. The number of hydrogen-bond acceptors (Lipinski definition) is 2. The molecular weight excluding hydrogens is 373 g/mol. The van der Waals surface area contributed by atoms with Crippen molar-refractivity contribution in [3.8, 4) is 0 Å². The smallest absolute Gasteiger partial charge is 0.248 e. The predicted octanol–water partition coefficient (Wildman–Crippen LogP) is 4.88. The highest BCUT2D eigenvalue weighted by molar-refractivity contribution is 6.42. The molecule has 0 atom stereocenters. The van der Waals surface area contributed by atoms with Gasteiger partial charge in [-0.1, -0.05) is 29.3 Å². The topological polar surface area (TPSA) is 58.2 Å². The lowest BCUT2D eigenvalue weighted by atomic mass is 10.2. The normalized spacial score (nSPS) is 10.8. The number of carbonyl (C=O) groups excluding carboxylic acids is 2. The fourth-order valence-corrected chi connectivity index (χ4v) is 2.20. The lowest BCUT2D eigenvalue weighted by molar-refractivity contribution is -0.114. The van der Waals surface area contributed by atoms with Crippen LogP contribution < -0.4 is 10.6 Å². The van der Waals surface area contributed by atoms with E-state index in [2.05, 4.69) is 10.6 Å². The first kappa shape index (κ1) is 18.9. The summed E-state index contributed by atoms with van der Waals surface area (Å²) < 4.78 is 27.3. The summed E-state index contributed by atoms with van der Waals surface area (Å²) >= 11 is 11.7. The first-order chi connectivity index (χ1) is 11.8. The zero-order chi connectivity index (χ0) is 18.6. The van der Waals surface area contributed by atoms with Crippen molar-refractivity contribution < 1.29 is 18.4 Å². The van der Waals surface area contributed by atoms with E-state index in [9.17, 15) is 18.4 Å². The Hall–Kier alpha value is -2.44. The van der Waals surface area contributed by atoms with Gasteiger partial charge in [0.15, 0.2) is 0 Å². The van der Waals surface area contributed by atoms with Gasteiger partial charge in [0.25, 0.3) is 0 Å². The zero-order valence-corrected chi connectivity index (χ0v) is 14.4. The van der Waals surface area contributed by atoms with Crippen molar-refractivity contribution in [2.75, 3.05) is 10.6 Å². The summed E-state index contributed by atoms with van der Waals surface area (Å²) in [5, 5.41) is 5.18. The lowest BCUT2D eigenvalue weighted by Crippen LogP contribution is -2.12. The van der Waals surface area contributed by atoms with Gasteiger partial charge in [-0.3, -0.25) is 9.59 Å². The molecule has 0 fully saturated rings. The Morgan fingerprint density at radius 3 is 2.20 bits per heavy atom. The molecule has 0 aliphatic heterocycles. The van der Waals surface area contributed by atoms with Crippen LogP contribution in [0, 0.1) is 11.6 Å². The van der Waals surface area contributed by atoms with Gasteiger partial charge in [0.1, 0.15) is 11.6 Å². The van der Waals surface area contributed by atoms with E-state index in [1.54, 1.807) is 18.2 Å². The summed E-state index contributed by atoms with van der Waals surface area (Å²) in [4.78, 5) is 22.9. The molecule has 0 radical (unpaired) electrons. The van der Waals surface area contributed by atoms with Crippen molar-refractivity contribution in [2.45, 2.75) is 6.92 Å². The summed E-state index contributed by atoms with van der Waals surface area (Å²) in [6.45, 7) is 1.18. The molecule has 130 valence electrons. The maximum absolute atomic E-state index is 13.8. The average molecular weight is 385 g/mol. The molecule has 2 rings (SSSR count). The molecule has 25 heavy (non-hydrogen) atoms. The highest BCUT2D eigenvalue weighted by Crippen LogP contribution is 2.24. The molecule has 0 bridgehead atoms. The van der Waals surface area contributed by atoms with Gasteiger partial charge >= 0.3 is 0 Å². The minimum Gasteiger partial charge on any atom is -0.324 e. The van der Waals surface area contributed by atoms with Crippen molar-refractivity contribution in [1.82, 2.24) is 0 Å². The molecular formula is C17H12Cl2F2N2O2. The number of nitrogens with one attached hydrogen (secondary N) is 2. The Bertz CT molecular complexity index is 870. The second kappa shape index (κ2) is 8.09. The molecule has 0 spiro atoms. The number of amides is 2. The molecule has 4 nitrogen and oxygen atoms in total. The van der Waals surface area contributed by atoms with Gasteiger partial charge in [0.2, 0.25) is 11.8 Å². The molecule has 0 aliphatic rings. The standard InChI is InChI=1S/C17H12Cl2F2N2O2/c1-9(24)22-15-8-16(14(21)7-13(15)20)23-17(25)5-3-10-2-4-11(18)12(19)6-10/h2-8H,1H3,(H,22,24)(H,23,25)/b5-3+. The van der Waals surface area contributed by atoms with Crippen LogP contribution in [-0.2, 0) is 9.59 Å². The van der Waals surface area contributed by atoms with E-state index in [0.717, 1.165) is 12.1 Å². The summed E-state index contributed by atoms with van der Waals surface area (Å²) in [6, 6.07) is 6.34. The van der Waals surface area contributed by atoms with Gasteiger partial charge in [-0.05, 0) is 29.8 Å². The number of halogens is 4. The molecule has 0 unspecified atom stereocenters. The monoisotopic (exact) mass is 384 g/mol. The number of benzene rings is 2. The van der Waals surface area contributed by atoms with Crippen LogP contribution >= 0.6 is 23.2 Å². The third-order valence-corrected chi connectivity index (χ3v) is 3.74. The minimum atomic E-state index is -0.970. The Morgan fingerprint density at radius 1 is 0.960 bits per heavy atom.